The van der Waals surface area contributed by atoms with E-state index in [0.717, 1.165) is 23.0 Å². The predicted molar refractivity (Wildman–Crippen MR) is 162 cm³/mol. The van der Waals surface area contributed by atoms with Crippen molar-refractivity contribution in [3.63, 3.8) is 0 Å². The second kappa shape index (κ2) is 10.2. The molecule has 1 unspecified atom stereocenters. The molecular weight excluding hydrogens is 542 g/mol. The minimum absolute atomic E-state index is 0.230. The zero-order valence-corrected chi connectivity index (χ0v) is 24.2. The van der Waals surface area contributed by atoms with Crippen LogP contribution in [-0.4, -0.2) is 21.2 Å². The van der Waals surface area contributed by atoms with Gasteiger partial charge in [-0.1, -0.05) is 65.4 Å². The van der Waals surface area contributed by atoms with E-state index in [-0.39, 0.29) is 11.7 Å². The fraction of sp³-hybridized carbons (Fsp3) is 0.219. The van der Waals surface area contributed by atoms with Gasteiger partial charge in [0.15, 0.2) is 4.80 Å². The van der Waals surface area contributed by atoms with Gasteiger partial charge in [-0.2, -0.15) is 0 Å². The van der Waals surface area contributed by atoms with Crippen LogP contribution in [0.2, 0.25) is 5.02 Å². The summed E-state index contributed by atoms with van der Waals surface area (Å²) in [5.41, 5.74) is 4.51. The first-order chi connectivity index (χ1) is 19.3. The highest BCUT2D eigenvalue weighted by Gasteiger charge is 2.34. The lowest BCUT2D eigenvalue weighted by molar-refractivity contribution is -0.143. The Morgan fingerprint density at radius 1 is 1.07 bits per heavy atom. The highest BCUT2D eigenvalue weighted by atomic mass is 35.5. The summed E-state index contributed by atoms with van der Waals surface area (Å²) < 4.78 is 9.97. The molecule has 6 rings (SSSR count). The number of allylic oxidation sites excluding steroid dienone is 1. The number of fused-ring (bicyclic) bond motifs is 4. The first-order valence-electron chi connectivity index (χ1n) is 13.3. The molecule has 0 aliphatic carbocycles. The molecule has 8 heteroatoms. The highest BCUT2D eigenvalue weighted by molar-refractivity contribution is 7.07. The van der Waals surface area contributed by atoms with E-state index in [4.69, 9.17) is 16.3 Å². The number of halogens is 1. The number of hydrogen-bond donors (Lipinski definition) is 0. The molecule has 3 aromatic carbocycles. The molecule has 202 valence electrons. The second-order valence-corrected chi connectivity index (χ2v) is 11.5. The number of nitrogens with zero attached hydrogens (tertiary/aromatic N) is 3. The van der Waals surface area contributed by atoms with Gasteiger partial charge in [0.1, 0.15) is 6.04 Å². The molecule has 0 fully saturated rings. The smallest absolute Gasteiger partial charge is 0.338 e. The number of esters is 1. The lowest BCUT2D eigenvalue weighted by Gasteiger charge is -2.26. The summed E-state index contributed by atoms with van der Waals surface area (Å²) in [5, 5.41) is 2.78. The van der Waals surface area contributed by atoms with Crippen LogP contribution >= 0.6 is 22.9 Å². The third kappa shape index (κ3) is 4.30. The Morgan fingerprint density at radius 3 is 2.55 bits per heavy atom. The van der Waals surface area contributed by atoms with Gasteiger partial charge in [0.25, 0.3) is 5.56 Å². The Hall–Kier alpha value is -3.94. The number of para-hydroxylation sites is 1. The first-order valence-corrected chi connectivity index (χ1v) is 14.5. The summed E-state index contributed by atoms with van der Waals surface area (Å²) in [6.07, 6.45) is 1.58. The van der Waals surface area contributed by atoms with Crippen molar-refractivity contribution in [2.45, 2.75) is 46.4 Å². The standard InChI is InChI=1S/C32H28ClN3O3S/c1-5-35-25-13-9-7-10-21(25)23-16-20(14-15-26(23)35)17-27-30(37)36-29(22-11-6-8-12-24(22)33)28(31(38)39-18(2)3)19(4)34-32(36)40-27/h6-18,29H,5H2,1-4H3. The van der Waals surface area contributed by atoms with Crippen LogP contribution in [0, 0.1) is 0 Å². The number of carbonyl (C=O) groups is 1. The monoisotopic (exact) mass is 569 g/mol. The number of carbonyl (C=O) groups excluding carboxylic acids is 1. The average molecular weight is 570 g/mol. The Morgan fingerprint density at radius 2 is 1.80 bits per heavy atom. The van der Waals surface area contributed by atoms with E-state index in [1.165, 1.54) is 22.2 Å². The van der Waals surface area contributed by atoms with Gasteiger partial charge in [0, 0.05) is 33.4 Å². The van der Waals surface area contributed by atoms with Crippen molar-refractivity contribution in [3.05, 3.63) is 114 Å². The SMILES string of the molecule is CCn1c2ccccc2c2cc(C=c3sc4n(c3=O)C(c3ccccc3Cl)C(C(=O)OC(C)C)=C(C)N=4)ccc21. The van der Waals surface area contributed by atoms with Gasteiger partial charge in [-0.3, -0.25) is 9.36 Å². The summed E-state index contributed by atoms with van der Waals surface area (Å²) in [6.45, 7) is 8.37. The van der Waals surface area contributed by atoms with Crippen LogP contribution in [0.4, 0.5) is 0 Å². The third-order valence-electron chi connectivity index (χ3n) is 7.19. The van der Waals surface area contributed by atoms with Crippen LogP contribution in [0.15, 0.2) is 87.8 Å². The molecule has 1 aliphatic rings. The van der Waals surface area contributed by atoms with E-state index in [1.807, 2.05) is 36.4 Å². The van der Waals surface area contributed by atoms with Crippen LogP contribution in [0.1, 0.15) is 44.9 Å². The van der Waals surface area contributed by atoms with Crippen molar-refractivity contribution in [1.82, 2.24) is 9.13 Å². The van der Waals surface area contributed by atoms with E-state index in [1.54, 1.807) is 31.4 Å². The molecular formula is C32H28ClN3O3S. The lowest BCUT2D eigenvalue weighted by Crippen LogP contribution is -2.40. The zero-order chi connectivity index (χ0) is 28.1. The summed E-state index contributed by atoms with van der Waals surface area (Å²) in [7, 11) is 0. The minimum atomic E-state index is -0.747. The number of aromatic nitrogens is 2. The molecule has 1 aliphatic heterocycles. The largest absolute Gasteiger partial charge is 0.459 e. The van der Waals surface area contributed by atoms with Gasteiger partial charge >= 0.3 is 5.97 Å². The van der Waals surface area contributed by atoms with Gasteiger partial charge in [0.2, 0.25) is 0 Å². The average Bonchev–Trinajstić information content (AvgIpc) is 3.41. The summed E-state index contributed by atoms with van der Waals surface area (Å²) in [4.78, 5) is 32.5. The molecule has 0 bridgehead atoms. The van der Waals surface area contributed by atoms with Crippen molar-refractivity contribution in [1.29, 1.82) is 0 Å². The van der Waals surface area contributed by atoms with Crippen molar-refractivity contribution in [2.75, 3.05) is 0 Å². The molecule has 3 heterocycles. The number of aryl methyl sites for hydroxylation is 1. The minimum Gasteiger partial charge on any atom is -0.459 e. The normalized spacial score (nSPS) is 15.7. The zero-order valence-electron chi connectivity index (χ0n) is 22.6. The highest BCUT2D eigenvalue weighted by Crippen LogP contribution is 2.35. The van der Waals surface area contributed by atoms with Gasteiger partial charge < -0.3 is 9.30 Å². The molecule has 2 aromatic heterocycles. The molecule has 6 nitrogen and oxygen atoms in total. The molecule has 0 radical (unpaired) electrons. The molecule has 5 aromatic rings. The topological polar surface area (TPSA) is 65.6 Å². The molecule has 0 saturated heterocycles. The Labute approximate surface area is 240 Å². The summed E-state index contributed by atoms with van der Waals surface area (Å²) in [6, 6.07) is 21.2. The Kier molecular flexibility index (Phi) is 6.72. The first kappa shape index (κ1) is 26.3. The number of rotatable bonds is 5. The molecule has 0 N–H and O–H groups in total. The van der Waals surface area contributed by atoms with Crippen LogP contribution in [0.25, 0.3) is 27.9 Å². The molecule has 40 heavy (non-hydrogen) atoms. The lowest BCUT2D eigenvalue weighted by atomic mass is 9.96. The van der Waals surface area contributed by atoms with Gasteiger partial charge in [0.05, 0.1) is 21.9 Å². The van der Waals surface area contributed by atoms with Crippen LogP contribution in [0.3, 0.4) is 0 Å². The van der Waals surface area contributed by atoms with Crippen LogP contribution in [0.5, 0.6) is 0 Å². The van der Waals surface area contributed by atoms with E-state index < -0.39 is 12.0 Å². The maximum atomic E-state index is 14.0. The van der Waals surface area contributed by atoms with Crippen molar-refractivity contribution in [3.8, 4) is 0 Å². The number of thiazole rings is 1. The van der Waals surface area contributed by atoms with Crippen LogP contribution < -0.4 is 14.9 Å². The van der Waals surface area contributed by atoms with E-state index in [9.17, 15) is 9.59 Å². The molecule has 0 saturated carbocycles. The van der Waals surface area contributed by atoms with Crippen molar-refractivity contribution in [2.24, 2.45) is 4.99 Å². The Balaban J connectivity index is 1.55. The Bertz CT molecular complexity index is 2030. The summed E-state index contributed by atoms with van der Waals surface area (Å²) >= 11 is 7.93. The summed E-state index contributed by atoms with van der Waals surface area (Å²) in [5.74, 6) is -0.506. The van der Waals surface area contributed by atoms with Gasteiger partial charge in [-0.15, -0.1) is 0 Å². The quantitative estimate of drug-likeness (QED) is 0.245. The van der Waals surface area contributed by atoms with Crippen molar-refractivity contribution >= 4 is 56.8 Å². The fourth-order valence-electron chi connectivity index (χ4n) is 5.50. The van der Waals surface area contributed by atoms with Crippen LogP contribution in [-0.2, 0) is 16.1 Å². The fourth-order valence-corrected chi connectivity index (χ4v) is 6.79. The predicted octanol–water partition coefficient (Wildman–Crippen LogP) is 5.97. The molecule has 0 spiro atoms. The van der Waals surface area contributed by atoms with E-state index in [2.05, 4.69) is 46.8 Å². The molecule has 1 atom stereocenters. The van der Waals surface area contributed by atoms with E-state index in [0.29, 0.717) is 31.2 Å². The number of benzene rings is 3. The van der Waals surface area contributed by atoms with E-state index >= 15 is 0 Å². The maximum absolute atomic E-state index is 14.0. The van der Waals surface area contributed by atoms with Crippen molar-refractivity contribution < 1.29 is 9.53 Å². The number of hydrogen-bond acceptors (Lipinski definition) is 5. The van der Waals surface area contributed by atoms with Gasteiger partial charge in [-0.05, 0) is 69.2 Å². The second-order valence-electron chi connectivity index (χ2n) is 10.1. The maximum Gasteiger partial charge on any atom is 0.338 e. The van der Waals surface area contributed by atoms with Gasteiger partial charge in [-0.25, -0.2) is 9.79 Å². The third-order valence-corrected chi connectivity index (χ3v) is 8.52. The molecule has 0 amide bonds. The number of ether oxygens (including phenoxy) is 1.